The molecule has 7 nitrogen and oxygen atoms in total. The highest BCUT2D eigenvalue weighted by atomic mass is 16.1. The molecular formula is C18H26N6O. The van der Waals surface area contributed by atoms with Crippen LogP contribution in [0.3, 0.4) is 0 Å². The Hall–Kier alpha value is -2.83. The van der Waals surface area contributed by atoms with Crippen LogP contribution in [0.2, 0.25) is 0 Å². The van der Waals surface area contributed by atoms with Crippen molar-refractivity contribution in [2.45, 2.75) is 26.4 Å². The van der Waals surface area contributed by atoms with E-state index in [1.54, 1.807) is 19.3 Å². The third kappa shape index (κ3) is 6.29. The molecule has 2 rings (SSSR count). The lowest BCUT2D eigenvalue weighted by atomic mass is 10.1. The topological polar surface area (TPSA) is 83.3 Å². The molecule has 2 aromatic rings. The van der Waals surface area contributed by atoms with Crippen molar-refractivity contribution in [1.29, 1.82) is 0 Å². The number of guanidine groups is 1. The fourth-order valence-corrected chi connectivity index (χ4v) is 2.35. The van der Waals surface area contributed by atoms with Gasteiger partial charge in [-0.05, 0) is 37.1 Å². The van der Waals surface area contributed by atoms with Gasteiger partial charge in [0.2, 0.25) is 0 Å². The molecule has 0 spiro atoms. The van der Waals surface area contributed by atoms with Gasteiger partial charge in [-0.15, -0.1) is 0 Å². The molecule has 0 bridgehead atoms. The van der Waals surface area contributed by atoms with Gasteiger partial charge in [0, 0.05) is 44.6 Å². The Balaban J connectivity index is 1.86. The minimum absolute atomic E-state index is 0.0884. The summed E-state index contributed by atoms with van der Waals surface area (Å²) in [7, 11) is 1.63. The number of hydrogen-bond acceptors (Lipinski definition) is 3. The molecule has 1 amide bonds. The summed E-state index contributed by atoms with van der Waals surface area (Å²) < 4.78 is 1.91. The Morgan fingerprint density at radius 3 is 2.88 bits per heavy atom. The second kappa shape index (κ2) is 10.1. The SMILES string of the molecule is CCNC(=NCc1cccc(C(=O)NC)c1)NCCCn1cccn1. The third-order valence-electron chi connectivity index (χ3n) is 3.60. The fraction of sp³-hybridized carbons (Fsp3) is 0.389. The van der Waals surface area contributed by atoms with Crippen molar-refractivity contribution in [3.63, 3.8) is 0 Å². The van der Waals surface area contributed by atoms with Gasteiger partial charge in [0.1, 0.15) is 0 Å². The summed E-state index contributed by atoms with van der Waals surface area (Å²) in [5, 5.41) is 13.4. The van der Waals surface area contributed by atoms with Crippen molar-refractivity contribution < 1.29 is 4.79 Å². The first-order valence-corrected chi connectivity index (χ1v) is 8.53. The van der Waals surface area contributed by atoms with Crippen molar-refractivity contribution in [3.05, 3.63) is 53.9 Å². The number of nitrogens with one attached hydrogen (secondary N) is 3. The number of carbonyl (C=O) groups excluding carboxylic acids is 1. The number of aryl methyl sites for hydroxylation is 1. The molecule has 0 radical (unpaired) electrons. The van der Waals surface area contributed by atoms with Crippen molar-refractivity contribution in [1.82, 2.24) is 25.7 Å². The second-order valence-corrected chi connectivity index (χ2v) is 5.52. The van der Waals surface area contributed by atoms with Crippen LogP contribution in [0.4, 0.5) is 0 Å². The molecule has 0 saturated heterocycles. The van der Waals surface area contributed by atoms with E-state index in [9.17, 15) is 4.79 Å². The van der Waals surface area contributed by atoms with E-state index >= 15 is 0 Å². The standard InChI is InChI=1S/C18H26N6O/c1-3-20-18(21-9-5-11-24-12-6-10-23-24)22-14-15-7-4-8-16(13-15)17(25)19-2/h4,6-8,10,12-13H,3,5,9,11,14H2,1-2H3,(H,19,25)(H2,20,21,22). The van der Waals surface area contributed by atoms with Gasteiger partial charge in [-0.25, -0.2) is 4.99 Å². The number of benzene rings is 1. The van der Waals surface area contributed by atoms with Gasteiger partial charge < -0.3 is 16.0 Å². The molecule has 0 unspecified atom stereocenters. The predicted molar refractivity (Wildman–Crippen MR) is 99.5 cm³/mol. The second-order valence-electron chi connectivity index (χ2n) is 5.52. The molecule has 1 aromatic heterocycles. The van der Waals surface area contributed by atoms with Crippen LogP contribution < -0.4 is 16.0 Å². The van der Waals surface area contributed by atoms with E-state index in [0.717, 1.165) is 37.6 Å². The van der Waals surface area contributed by atoms with Crippen molar-refractivity contribution in [2.24, 2.45) is 4.99 Å². The highest BCUT2D eigenvalue weighted by molar-refractivity contribution is 5.94. The number of hydrogen-bond donors (Lipinski definition) is 3. The van der Waals surface area contributed by atoms with E-state index in [2.05, 4.69) is 26.0 Å². The molecule has 0 aliphatic heterocycles. The Kier molecular flexibility index (Phi) is 7.49. The van der Waals surface area contributed by atoms with Crippen LogP contribution in [0.25, 0.3) is 0 Å². The van der Waals surface area contributed by atoms with E-state index in [1.165, 1.54) is 0 Å². The monoisotopic (exact) mass is 342 g/mol. The number of aliphatic imine (C=N–C) groups is 1. The Bertz CT molecular complexity index is 681. The van der Waals surface area contributed by atoms with E-state index in [-0.39, 0.29) is 5.91 Å². The zero-order valence-corrected chi connectivity index (χ0v) is 14.8. The molecule has 3 N–H and O–H groups in total. The molecular weight excluding hydrogens is 316 g/mol. The summed E-state index contributed by atoms with van der Waals surface area (Å²) >= 11 is 0. The molecule has 25 heavy (non-hydrogen) atoms. The van der Waals surface area contributed by atoms with Gasteiger partial charge in [-0.3, -0.25) is 9.48 Å². The lowest BCUT2D eigenvalue weighted by Crippen LogP contribution is -2.38. The Morgan fingerprint density at radius 2 is 2.16 bits per heavy atom. The molecule has 1 heterocycles. The van der Waals surface area contributed by atoms with E-state index < -0.39 is 0 Å². The molecule has 1 aromatic carbocycles. The molecule has 0 saturated carbocycles. The number of rotatable bonds is 8. The summed E-state index contributed by atoms with van der Waals surface area (Å²) in [5.74, 6) is 0.683. The van der Waals surface area contributed by atoms with Crippen LogP contribution in [0, 0.1) is 0 Å². The van der Waals surface area contributed by atoms with E-state index in [4.69, 9.17) is 0 Å². The number of amides is 1. The Labute approximate surface area is 148 Å². The van der Waals surface area contributed by atoms with Crippen molar-refractivity contribution in [3.8, 4) is 0 Å². The molecule has 0 aliphatic carbocycles. The van der Waals surface area contributed by atoms with Gasteiger partial charge >= 0.3 is 0 Å². The van der Waals surface area contributed by atoms with Gasteiger partial charge in [0.05, 0.1) is 6.54 Å². The number of carbonyl (C=O) groups is 1. The molecule has 0 aliphatic rings. The molecule has 134 valence electrons. The number of aromatic nitrogens is 2. The summed E-state index contributed by atoms with van der Waals surface area (Å²) in [6.45, 7) is 5.02. The van der Waals surface area contributed by atoms with Crippen LogP contribution >= 0.6 is 0 Å². The summed E-state index contributed by atoms with van der Waals surface area (Å²) in [6.07, 6.45) is 4.70. The van der Waals surface area contributed by atoms with Gasteiger partial charge in [0.25, 0.3) is 5.91 Å². The average molecular weight is 342 g/mol. The van der Waals surface area contributed by atoms with Crippen molar-refractivity contribution >= 4 is 11.9 Å². The maximum atomic E-state index is 11.7. The molecule has 0 fully saturated rings. The maximum absolute atomic E-state index is 11.7. The first kappa shape index (κ1) is 18.5. The van der Waals surface area contributed by atoms with Crippen molar-refractivity contribution in [2.75, 3.05) is 20.1 Å². The van der Waals surface area contributed by atoms with Gasteiger partial charge in [0.15, 0.2) is 5.96 Å². The lowest BCUT2D eigenvalue weighted by molar-refractivity contribution is 0.0963. The zero-order chi connectivity index (χ0) is 17.9. The third-order valence-corrected chi connectivity index (χ3v) is 3.60. The Morgan fingerprint density at radius 1 is 1.28 bits per heavy atom. The molecule has 0 atom stereocenters. The number of nitrogens with zero attached hydrogens (tertiary/aromatic N) is 3. The van der Waals surface area contributed by atoms with Crippen LogP contribution in [-0.4, -0.2) is 41.8 Å². The first-order chi connectivity index (χ1) is 12.2. The predicted octanol–water partition coefficient (Wildman–Crippen LogP) is 1.39. The van der Waals surface area contributed by atoms with Gasteiger partial charge in [-0.2, -0.15) is 5.10 Å². The normalized spacial score (nSPS) is 11.2. The van der Waals surface area contributed by atoms with E-state index in [1.807, 2.05) is 42.1 Å². The van der Waals surface area contributed by atoms with Crippen LogP contribution in [0.1, 0.15) is 29.3 Å². The quantitative estimate of drug-likeness (QED) is 0.385. The van der Waals surface area contributed by atoms with Crippen LogP contribution in [0.15, 0.2) is 47.7 Å². The van der Waals surface area contributed by atoms with Crippen LogP contribution in [-0.2, 0) is 13.1 Å². The first-order valence-electron chi connectivity index (χ1n) is 8.53. The summed E-state index contributed by atoms with van der Waals surface area (Å²) in [5.41, 5.74) is 1.64. The summed E-state index contributed by atoms with van der Waals surface area (Å²) in [4.78, 5) is 16.3. The minimum atomic E-state index is -0.0884. The lowest BCUT2D eigenvalue weighted by Gasteiger charge is -2.11. The van der Waals surface area contributed by atoms with Gasteiger partial charge in [-0.1, -0.05) is 12.1 Å². The minimum Gasteiger partial charge on any atom is -0.357 e. The molecule has 7 heteroatoms. The largest absolute Gasteiger partial charge is 0.357 e. The smallest absolute Gasteiger partial charge is 0.251 e. The summed E-state index contributed by atoms with van der Waals surface area (Å²) in [6, 6.07) is 9.43. The van der Waals surface area contributed by atoms with E-state index in [0.29, 0.717) is 12.1 Å². The highest BCUT2D eigenvalue weighted by Gasteiger charge is 2.04. The van der Waals surface area contributed by atoms with Crippen LogP contribution in [0.5, 0.6) is 0 Å². The fourth-order valence-electron chi connectivity index (χ4n) is 2.35. The zero-order valence-electron chi connectivity index (χ0n) is 14.8. The average Bonchev–Trinajstić information content (AvgIpc) is 3.16. The highest BCUT2D eigenvalue weighted by Crippen LogP contribution is 2.06. The maximum Gasteiger partial charge on any atom is 0.251 e.